The van der Waals surface area contributed by atoms with E-state index < -0.39 is 0 Å². The summed E-state index contributed by atoms with van der Waals surface area (Å²) >= 11 is 0. The maximum Gasteiger partial charge on any atom is 0.220 e. The Morgan fingerprint density at radius 1 is 1.32 bits per heavy atom. The first-order valence-corrected chi connectivity index (χ1v) is 7.58. The van der Waals surface area contributed by atoms with Crippen LogP contribution in [0.3, 0.4) is 0 Å². The van der Waals surface area contributed by atoms with Crippen LogP contribution in [0.2, 0.25) is 0 Å². The standard InChI is InChI=1S/C16H24N2O3.ClH/c19-9-10-21-15-4-2-1-3-14(15)12-18-16(20)11-13-5-7-17-8-6-13;/h1-4,13,17,19H,5-12H2,(H,18,20);1H. The van der Waals surface area contributed by atoms with Crippen LogP contribution in [0.4, 0.5) is 0 Å². The number of hydrogen-bond donors (Lipinski definition) is 3. The molecule has 6 heteroatoms. The molecule has 1 saturated heterocycles. The molecule has 0 spiro atoms. The Morgan fingerprint density at radius 2 is 2.05 bits per heavy atom. The summed E-state index contributed by atoms with van der Waals surface area (Å²) < 4.78 is 5.46. The molecule has 1 aromatic carbocycles. The molecule has 1 amide bonds. The Hall–Kier alpha value is -1.30. The average molecular weight is 329 g/mol. The molecule has 1 heterocycles. The van der Waals surface area contributed by atoms with Gasteiger partial charge in [0.2, 0.25) is 5.91 Å². The van der Waals surface area contributed by atoms with Crippen molar-refractivity contribution in [2.45, 2.75) is 25.8 Å². The maximum absolute atomic E-state index is 12.0. The molecular weight excluding hydrogens is 304 g/mol. The van der Waals surface area contributed by atoms with E-state index in [1.807, 2.05) is 24.3 Å². The Kier molecular flexibility index (Phi) is 8.89. The summed E-state index contributed by atoms with van der Waals surface area (Å²) in [4.78, 5) is 12.0. The molecule has 0 aromatic heterocycles. The quantitative estimate of drug-likeness (QED) is 0.709. The van der Waals surface area contributed by atoms with E-state index in [9.17, 15) is 4.79 Å². The van der Waals surface area contributed by atoms with Crippen molar-refractivity contribution < 1.29 is 14.6 Å². The van der Waals surface area contributed by atoms with Crippen molar-refractivity contribution in [1.29, 1.82) is 0 Å². The summed E-state index contributed by atoms with van der Waals surface area (Å²) in [5.74, 6) is 1.31. The first-order valence-electron chi connectivity index (χ1n) is 7.58. The lowest BCUT2D eigenvalue weighted by Crippen LogP contribution is -2.32. The predicted octanol–water partition coefficient (Wildman–Crippen LogP) is 1.49. The number of hydrogen-bond acceptors (Lipinski definition) is 4. The van der Waals surface area contributed by atoms with Gasteiger partial charge < -0.3 is 20.5 Å². The predicted molar refractivity (Wildman–Crippen MR) is 88.3 cm³/mol. The van der Waals surface area contributed by atoms with Gasteiger partial charge in [-0.05, 0) is 37.9 Å². The fraction of sp³-hybridized carbons (Fsp3) is 0.562. The fourth-order valence-electron chi connectivity index (χ4n) is 2.56. The van der Waals surface area contributed by atoms with Gasteiger partial charge in [-0.3, -0.25) is 4.79 Å². The number of piperidine rings is 1. The van der Waals surface area contributed by atoms with Crippen LogP contribution >= 0.6 is 12.4 Å². The summed E-state index contributed by atoms with van der Waals surface area (Å²) in [5.41, 5.74) is 0.935. The first-order chi connectivity index (χ1) is 10.3. The Labute approximate surface area is 137 Å². The van der Waals surface area contributed by atoms with Crippen molar-refractivity contribution in [2.75, 3.05) is 26.3 Å². The number of benzene rings is 1. The van der Waals surface area contributed by atoms with Gasteiger partial charge in [-0.15, -0.1) is 12.4 Å². The zero-order valence-electron chi connectivity index (χ0n) is 12.7. The topological polar surface area (TPSA) is 70.6 Å². The molecule has 0 bridgehead atoms. The zero-order valence-corrected chi connectivity index (χ0v) is 13.5. The lowest BCUT2D eigenvalue weighted by molar-refractivity contribution is -0.122. The highest BCUT2D eigenvalue weighted by atomic mass is 35.5. The van der Waals surface area contributed by atoms with Gasteiger partial charge in [0.15, 0.2) is 0 Å². The normalized spacial score (nSPS) is 15.0. The molecule has 124 valence electrons. The molecule has 2 rings (SSSR count). The minimum Gasteiger partial charge on any atom is -0.491 e. The average Bonchev–Trinajstić information content (AvgIpc) is 2.52. The highest BCUT2D eigenvalue weighted by molar-refractivity contribution is 5.85. The van der Waals surface area contributed by atoms with E-state index in [1.165, 1.54) is 0 Å². The van der Waals surface area contributed by atoms with Crippen molar-refractivity contribution in [3.63, 3.8) is 0 Å². The zero-order chi connectivity index (χ0) is 14.9. The molecule has 0 atom stereocenters. The summed E-state index contributed by atoms with van der Waals surface area (Å²) in [7, 11) is 0. The minimum absolute atomic E-state index is 0. The number of nitrogens with one attached hydrogen (secondary N) is 2. The number of halogens is 1. The number of carbonyl (C=O) groups is 1. The van der Waals surface area contributed by atoms with Crippen LogP contribution in [0.15, 0.2) is 24.3 Å². The van der Waals surface area contributed by atoms with Gasteiger partial charge in [-0.25, -0.2) is 0 Å². The first kappa shape index (κ1) is 18.7. The number of rotatable bonds is 7. The van der Waals surface area contributed by atoms with Crippen LogP contribution in [-0.2, 0) is 11.3 Å². The van der Waals surface area contributed by atoms with Crippen LogP contribution in [-0.4, -0.2) is 37.3 Å². The van der Waals surface area contributed by atoms with E-state index in [-0.39, 0.29) is 31.5 Å². The van der Waals surface area contributed by atoms with Crippen molar-refractivity contribution >= 4 is 18.3 Å². The third-order valence-electron chi connectivity index (χ3n) is 3.73. The van der Waals surface area contributed by atoms with Gasteiger partial charge in [0, 0.05) is 18.5 Å². The van der Waals surface area contributed by atoms with Gasteiger partial charge in [-0.1, -0.05) is 18.2 Å². The molecule has 3 N–H and O–H groups in total. The van der Waals surface area contributed by atoms with Gasteiger partial charge in [-0.2, -0.15) is 0 Å². The van der Waals surface area contributed by atoms with Gasteiger partial charge in [0.25, 0.3) is 0 Å². The number of carbonyl (C=O) groups excluding carboxylic acids is 1. The van der Waals surface area contributed by atoms with Crippen LogP contribution in [0.5, 0.6) is 5.75 Å². The smallest absolute Gasteiger partial charge is 0.220 e. The number of para-hydroxylation sites is 1. The second kappa shape index (κ2) is 10.4. The molecule has 0 aliphatic carbocycles. The molecule has 0 unspecified atom stereocenters. The monoisotopic (exact) mass is 328 g/mol. The van der Waals surface area contributed by atoms with Gasteiger partial charge in [0.05, 0.1) is 6.61 Å². The second-order valence-corrected chi connectivity index (χ2v) is 5.35. The Bertz CT molecular complexity index is 451. The SMILES string of the molecule is Cl.O=C(CC1CCNCC1)NCc1ccccc1OCCO. The van der Waals surface area contributed by atoms with E-state index in [2.05, 4.69) is 10.6 Å². The van der Waals surface area contributed by atoms with E-state index in [0.29, 0.717) is 24.6 Å². The molecular formula is C16H25ClN2O3. The number of aliphatic hydroxyl groups excluding tert-OH is 1. The Morgan fingerprint density at radius 3 is 2.77 bits per heavy atom. The fourth-order valence-corrected chi connectivity index (χ4v) is 2.56. The summed E-state index contributed by atoms with van der Waals surface area (Å²) in [6.45, 7) is 2.73. The molecule has 22 heavy (non-hydrogen) atoms. The summed E-state index contributed by atoms with van der Waals surface area (Å²) in [6.07, 6.45) is 2.74. The highest BCUT2D eigenvalue weighted by Crippen LogP contribution is 2.18. The van der Waals surface area contributed by atoms with Crippen LogP contribution < -0.4 is 15.4 Å². The third kappa shape index (κ3) is 6.22. The lowest BCUT2D eigenvalue weighted by atomic mass is 9.94. The van der Waals surface area contributed by atoms with Crippen LogP contribution in [0.25, 0.3) is 0 Å². The number of amides is 1. The van der Waals surface area contributed by atoms with E-state index >= 15 is 0 Å². The van der Waals surface area contributed by atoms with E-state index in [1.54, 1.807) is 0 Å². The largest absolute Gasteiger partial charge is 0.491 e. The number of aliphatic hydroxyl groups is 1. The van der Waals surface area contributed by atoms with Crippen molar-refractivity contribution in [2.24, 2.45) is 5.92 Å². The molecule has 0 saturated carbocycles. The van der Waals surface area contributed by atoms with Gasteiger partial charge >= 0.3 is 0 Å². The van der Waals surface area contributed by atoms with Gasteiger partial charge in [0.1, 0.15) is 12.4 Å². The number of ether oxygens (including phenoxy) is 1. The third-order valence-corrected chi connectivity index (χ3v) is 3.73. The highest BCUT2D eigenvalue weighted by Gasteiger charge is 2.16. The van der Waals surface area contributed by atoms with Crippen molar-refractivity contribution in [3.8, 4) is 5.75 Å². The molecule has 1 aliphatic heterocycles. The molecule has 1 fully saturated rings. The minimum atomic E-state index is -0.0175. The van der Waals surface area contributed by atoms with Crippen LogP contribution in [0, 0.1) is 5.92 Å². The molecule has 1 aromatic rings. The van der Waals surface area contributed by atoms with Crippen molar-refractivity contribution in [3.05, 3.63) is 29.8 Å². The molecule has 0 radical (unpaired) electrons. The van der Waals surface area contributed by atoms with E-state index in [4.69, 9.17) is 9.84 Å². The second-order valence-electron chi connectivity index (χ2n) is 5.35. The molecule has 1 aliphatic rings. The summed E-state index contributed by atoms with van der Waals surface area (Å²) in [6, 6.07) is 7.58. The van der Waals surface area contributed by atoms with Crippen LogP contribution in [0.1, 0.15) is 24.8 Å². The molecule has 5 nitrogen and oxygen atoms in total. The van der Waals surface area contributed by atoms with Crippen molar-refractivity contribution in [1.82, 2.24) is 10.6 Å². The van der Waals surface area contributed by atoms with E-state index in [0.717, 1.165) is 31.5 Å². The lowest BCUT2D eigenvalue weighted by Gasteiger charge is -2.22. The maximum atomic E-state index is 12.0. The Balaban J connectivity index is 0.00000242. The summed E-state index contributed by atoms with van der Waals surface area (Å²) in [5, 5.41) is 15.1.